The van der Waals surface area contributed by atoms with Gasteiger partial charge in [-0.2, -0.15) is 5.26 Å². The summed E-state index contributed by atoms with van der Waals surface area (Å²) in [5.41, 5.74) is 1.65. The summed E-state index contributed by atoms with van der Waals surface area (Å²) < 4.78 is 5.73. The van der Waals surface area contributed by atoms with E-state index in [2.05, 4.69) is 5.32 Å². The van der Waals surface area contributed by atoms with Gasteiger partial charge in [-0.05, 0) is 49.6 Å². The summed E-state index contributed by atoms with van der Waals surface area (Å²) in [4.78, 5) is 12.4. The second-order valence-corrected chi connectivity index (χ2v) is 6.71. The van der Waals surface area contributed by atoms with Crippen molar-refractivity contribution in [2.45, 2.75) is 39.3 Å². The number of hydrogen-bond acceptors (Lipinski definition) is 3. The third kappa shape index (κ3) is 5.87. The van der Waals surface area contributed by atoms with E-state index in [1.807, 2.05) is 57.2 Å². The molecule has 0 aliphatic rings. The first-order valence-corrected chi connectivity index (χ1v) is 9.26. The highest BCUT2D eigenvalue weighted by Gasteiger charge is 2.14. The molecule has 0 radical (unpaired) electrons. The van der Waals surface area contributed by atoms with Crippen LogP contribution in [-0.4, -0.2) is 12.0 Å². The van der Waals surface area contributed by atoms with Gasteiger partial charge in [-0.1, -0.05) is 54.9 Å². The van der Waals surface area contributed by atoms with Gasteiger partial charge in [-0.25, -0.2) is 0 Å². The highest BCUT2D eigenvalue weighted by atomic mass is 35.5. The number of carbonyl (C=O) groups excluding carboxylic acids is 1. The SMILES string of the molecule is CC[C@H](C)Oc1ccc(/C=C(/C#N)C(=O)N[C@@H](C)c2ccccc2)cc1Cl. The van der Waals surface area contributed by atoms with Crippen LogP contribution in [0.2, 0.25) is 5.02 Å². The predicted octanol–water partition coefficient (Wildman–Crippen LogP) is 5.30. The van der Waals surface area contributed by atoms with E-state index in [1.165, 1.54) is 6.08 Å². The van der Waals surface area contributed by atoms with E-state index in [4.69, 9.17) is 16.3 Å². The molecule has 5 heteroatoms. The first-order chi connectivity index (χ1) is 12.9. The molecule has 0 heterocycles. The maximum absolute atomic E-state index is 12.4. The molecule has 1 amide bonds. The monoisotopic (exact) mass is 382 g/mol. The van der Waals surface area contributed by atoms with Crippen molar-refractivity contribution >= 4 is 23.6 Å². The van der Waals surface area contributed by atoms with Gasteiger partial charge in [0.1, 0.15) is 17.4 Å². The average molecular weight is 383 g/mol. The average Bonchev–Trinajstić information content (AvgIpc) is 2.68. The number of hydrogen-bond donors (Lipinski definition) is 1. The molecule has 0 saturated carbocycles. The van der Waals surface area contributed by atoms with E-state index in [-0.39, 0.29) is 17.7 Å². The number of amides is 1. The van der Waals surface area contributed by atoms with Gasteiger partial charge in [-0.3, -0.25) is 4.79 Å². The number of rotatable bonds is 7. The molecule has 0 bridgehead atoms. The molecule has 2 atom stereocenters. The van der Waals surface area contributed by atoms with Gasteiger partial charge in [0.05, 0.1) is 17.2 Å². The smallest absolute Gasteiger partial charge is 0.262 e. The fourth-order valence-corrected chi connectivity index (χ4v) is 2.65. The third-order valence-electron chi connectivity index (χ3n) is 4.18. The number of nitrogens with zero attached hydrogens (tertiary/aromatic N) is 1. The molecule has 27 heavy (non-hydrogen) atoms. The Morgan fingerprint density at radius 1 is 1.26 bits per heavy atom. The number of ether oxygens (including phenoxy) is 1. The number of halogens is 1. The van der Waals surface area contributed by atoms with Crippen molar-refractivity contribution in [3.05, 3.63) is 70.3 Å². The Morgan fingerprint density at radius 3 is 2.56 bits per heavy atom. The lowest BCUT2D eigenvalue weighted by molar-refractivity contribution is -0.117. The van der Waals surface area contributed by atoms with Gasteiger partial charge < -0.3 is 10.1 Å². The molecule has 4 nitrogen and oxygen atoms in total. The van der Waals surface area contributed by atoms with Crippen LogP contribution in [0.3, 0.4) is 0 Å². The van der Waals surface area contributed by atoms with Crippen LogP contribution in [0, 0.1) is 11.3 Å². The molecule has 0 aromatic heterocycles. The van der Waals surface area contributed by atoms with Crippen LogP contribution in [0.15, 0.2) is 54.1 Å². The highest BCUT2D eigenvalue weighted by molar-refractivity contribution is 6.32. The van der Waals surface area contributed by atoms with Crippen LogP contribution in [0.4, 0.5) is 0 Å². The van der Waals surface area contributed by atoms with Crippen LogP contribution in [0.1, 0.15) is 44.4 Å². The fraction of sp³-hybridized carbons (Fsp3) is 0.273. The van der Waals surface area contributed by atoms with Crippen molar-refractivity contribution < 1.29 is 9.53 Å². The third-order valence-corrected chi connectivity index (χ3v) is 4.48. The van der Waals surface area contributed by atoms with E-state index in [0.717, 1.165) is 12.0 Å². The molecule has 2 aromatic rings. The molecule has 140 valence electrons. The van der Waals surface area contributed by atoms with Crippen LogP contribution in [-0.2, 0) is 4.79 Å². The molecule has 2 rings (SSSR count). The van der Waals surface area contributed by atoms with E-state index in [0.29, 0.717) is 16.3 Å². The minimum Gasteiger partial charge on any atom is -0.489 e. The fourth-order valence-electron chi connectivity index (χ4n) is 2.42. The van der Waals surface area contributed by atoms with Crippen molar-refractivity contribution in [1.29, 1.82) is 5.26 Å². The summed E-state index contributed by atoms with van der Waals surface area (Å²) in [6.45, 7) is 5.88. The second-order valence-electron chi connectivity index (χ2n) is 6.30. The first kappa shape index (κ1) is 20.5. The molecule has 1 N–H and O–H groups in total. The molecule has 0 unspecified atom stereocenters. The van der Waals surface area contributed by atoms with Crippen LogP contribution < -0.4 is 10.1 Å². The second kappa shape index (κ2) is 9.80. The van der Waals surface area contributed by atoms with E-state index >= 15 is 0 Å². The maximum atomic E-state index is 12.4. The molecular formula is C22H23ClN2O2. The standard InChI is InChI=1S/C22H23ClN2O2/c1-4-15(2)27-21-11-10-17(13-20(21)23)12-19(14-24)22(26)25-16(3)18-8-6-5-7-9-18/h5-13,15-16H,4H2,1-3H3,(H,25,26)/b19-12-/t15-,16-/m0/s1. The van der Waals surface area contributed by atoms with Gasteiger partial charge >= 0.3 is 0 Å². The zero-order valence-electron chi connectivity index (χ0n) is 15.7. The lowest BCUT2D eigenvalue weighted by atomic mass is 10.1. The topological polar surface area (TPSA) is 62.1 Å². The lowest BCUT2D eigenvalue weighted by Gasteiger charge is -2.14. The zero-order valence-corrected chi connectivity index (χ0v) is 16.5. The molecule has 0 fully saturated rings. The van der Waals surface area contributed by atoms with Gasteiger partial charge in [0.25, 0.3) is 5.91 Å². The maximum Gasteiger partial charge on any atom is 0.262 e. The molecular weight excluding hydrogens is 360 g/mol. The summed E-state index contributed by atoms with van der Waals surface area (Å²) >= 11 is 6.26. The summed E-state index contributed by atoms with van der Waals surface area (Å²) in [6, 6.07) is 16.5. The van der Waals surface area contributed by atoms with Crippen molar-refractivity contribution in [1.82, 2.24) is 5.32 Å². The number of nitriles is 1. The quantitative estimate of drug-likeness (QED) is 0.522. The molecule has 0 aliphatic carbocycles. The minimum atomic E-state index is -0.426. The van der Waals surface area contributed by atoms with E-state index in [9.17, 15) is 10.1 Å². The number of nitrogens with one attached hydrogen (secondary N) is 1. The predicted molar refractivity (Wildman–Crippen MR) is 108 cm³/mol. The van der Waals surface area contributed by atoms with Gasteiger partial charge in [-0.15, -0.1) is 0 Å². The van der Waals surface area contributed by atoms with Crippen LogP contribution in [0.25, 0.3) is 6.08 Å². The Hall–Kier alpha value is -2.77. The Bertz CT molecular complexity index is 856. The number of carbonyl (C=O) groups is 1. The van der Waals surface area contributed by atoms with Crippen LogP contribution in [0.5, 0.6) is 5.75 Å². The largest absolute Gasteiger partial charge is 0.489 e. The van der Waals surface area contributed by atoms with Gasteiger partial charge in [0.15, 0.2) is 0 Å². The van der Waals surface area contributed by atoms with E-state index < -0.39 is 5.91 Å². The van der Waals surface area contributed by atoms with Gasteiger partial charge in [0.2, 0.25) is 0 Å². The minimum absolute atomic E-state index is 0.0180. The van der Waals surface area contributed by atoms with Crippen molar-refractivity contribution in [3.8, 4) is 11.8 Å². The molecule has 0 spiro atoms. The highest BCUT2D eigenvalue weighted by Crippen LogP contribution is 2.27. The number of benzene rings is 2. The van der Waals surface area contributed by atoms with Crippen molar-refractivity contribution in [2.75, 3.05) is 0 Å². The van der Waals surface area contributed by atoms with Crippen molar-refractivity contribution in [3.63, 3.8) is 0 Å². The molecule has 2 aromatic carbocycles. The Kier molecular flexibility index (Phi) is 7.45. The van der Waals surface area contributed by atoms with Gasteiger partial charge in [0, 0.05) is 0 Å². The Morgan fingerprint density at radius 2 is 1.96 bits per heavy atom. The summed E-state index contributed by atoms with van der Waals surface area (Å²) in [5.74, 6) is 0.161. The summed E-state index contributed by atoms with van der Waals surface area (Å²) in [5, 5.41) is 12.7. The lowest BCUT2D eigenvalue weighted by Crippen LogP contribution is -2.27. The van der Waals surface area contributed by atoms with E-state index in [1.54, 1.807) is 18.2 Å². The Labute approximate surface area is 165 Å². The summed E-state index contributed by atoms with van der Waals surface area (Å²) in [7, 11) is 0. The normalized spacial score (nSPS) is 13.4. The van der Waals surface area contributed by atoms with Crippen molar-refractivity contribution in [2.24, 2.45) is 0 Å². The van der Waals surface area contributed by atoms with Crippen LogP contribution >= 0.6 is 11.6 Å². The molecule has 0 aliphatic heterocycles. The molecule has 0 saturated heterocycles. The Balaban J connectivity index is 2.14. The first-order valence-electron chi connectivity index (χ1n) is 8.88. The summed E-state index contributed by atoms with van der Waals surface area (Å²) in [6.07, 6.45) is 2.45. The zero-order chi connectivity index (χ0) is 19.8.